The Morgan fingerprint density at radius 1 is 1.13 bits per heavy atom. The average Bonchev–Trinajstić information content (AvgIpc) is 3.36. The summed E-state index contributed by atoms with van der Waals surface area (Å²) in [6.45, 7) is 0.942. The number of nitrogens with zero attached hydrogens (tertiary/aromatic N) is 2. The highest BCUT2D eigenvalue weighted by Crippen LogP contribution is 2.55. The Balaban J connectivity index is 1.62. The molecule has 2 heterocycles. The zero-order valence-electron chi connectivity index (χ0n) is 16.8. The van der Waals surface area contributed by atoms with E-state index in [2.05, 4.69) is 0 Å². The molecule has 2 bridgehead atoms. The standard InChI is InChI=1S/C23H23F3N2O2/c1-27-7-8-30-21-18(10-15(24)11-19(21)25)17-4-2-3-14(20(17)26)9-16-12-23(5-6-23)13-28(16)22(27)29/h2-4,10-11,16H,5-9,12-13H2,1H3/t16-/m0/s1. The largest absolute Gasteiger partial charge is 0.488 e. The van der Waals surface area contributed by atoms with Crippen LogP contribution in [-0.2, 0) is 6.42 Å². The first-order chi connectivity index (χ1) is 14.4. The molecule has 1 atom stereocenters. The Bertz CT molecular complexity index is 1020. The smallest absolute Gasteiger partial charge is 0.320 e. The SMILES string of the molecule is CN1CCOc2c(F)cc(F)cc2-c2cccc(c2F)C[C@H]2CC3(CC3)CN2C1=O. The Hall–Kier alpha value is -2.70. The van der Waals surface area contributed by atoms with Gasteiger partial charge in [-0.15, -0.1) is 0 Å². The summed E-state index contributed by atoms with van der Waals surface area (Å²) in [5.74, 6) is -2.42. The summed E-state index contributed by atoms with van der Waals surface area (Å²) in [7, 11) is 1.68. The minimum Gasteiger partial charge on any atom is -0.488 e. The molecule has 158 valence electrons. The fraction of sp³-hybridized carbons (Fsp3) is 0.435. The Labute approximate surface area is 173 Å². The van der Waals surface area contributed by atoms with E-state index in [0.717, 1.165) is 31.4 Å². The highest BCUT2D eigenvalue weighted by atomic mass is 19.1. The van der Waals surface area contributed by atoms with Crippen molar-refractivity contribution in [1.29, 1.82) is 0 Å². The van der Waals surface area contributed by atoms with E-state index >= 15 is 4.39 Å². The number of hydrogen-bond donors (Lipinski definition) is 0. The zero-order chi connectivity index (χ0) is 21.0. The fourth-order valence-electron chi connectivity index (χ4n) is 4.82. The van der Waals surface area contributed by atoms with Gasteiger partial charge in [0.2, 0.25) is 0 Å². The summed E-state index contributed by atoms with van der Waals surface area (Å²) in [4.78, 5) is 16.5. The Morgan fingerprint density at radius 3 is 2.70 bits per heavy atom. The number of fused-ring (bicyclic) bond motifs is 5. The number of ether oxygens (including phenoxy) is 1. The molecule has 5 rings (SSSR count). The first kappa shape index (κ1) is 19.3. The van der Waals surface area contributed by atoms with Crippen molar-refractivity contribution >= 4 is 6.03 Å². The topological polar surface area (TPSA) is 32.8 Å². The van der Waals surface area contributed by atoms with Crippen molar-refractivity contribution in [2.45, 2.75) is 31.7 Å². The highest BCUT2D eigenvalue weighted by molar-refractivity contribution is 5.76. The summed E-state index contributed by atoms with van der Waals surface area (Å²) < 4.78 is 49.6. The number of carbonyl (C=O) groups is 1. The predicted molar refractivity (Wildman–Crippen MR) is 106 cm³/mol. The molecule has 4 nitrogen and oxygen atoms in total. The number of benzene rings is 2. The van der Waals surface area contributed by atoms with E-state index in [0.29, 0.717) is 18.5 Å². The third-order valence-electron chi connectivity index (χ3n) is 6.65. The molecule has 2 amide bonds. The molecule has 30 heavy (non-hydrogen) atoms. The summed E-state index contributed by atoms with van der Waals surface area (Å²) in [6.07, 6.45) is 3.41. The third-order valence-corrected chi connectivity index (χ3v) is 6.65. The van der Waals surface area contributed by atoms with Gasteiger partial charge in [0.1, 0.15) is 18.2 Å². The first-order valence-corrected chi connectivity index (χ1v) is 10.3. The van der Waals surface area contributed by atoms with Crippen molar-refractivity contribution < 1.29 is 22.7 Å². The molecule has 2 aliphatic heterocycles. The van der Waals surface area contributed by atoms with Gasteiger partial charge in [-0.1, -0.05) is 18.2 Å². The quantitative estimate of drug-likeness (QED) is 0.628. The number of rotatable bonds is 0. The first-order valence-electron chi connectivity index (χ1n) is 10.3. The van der Waals surface area contributed by atoms with Crippen molar-refractivity contribution in [3.63, 3.8) is 0 Å². The number of hydrogen-bond acceptors (Lipinski definition) is 2. The molecule has 1 spiro atoms. The van der Waals surface area contributed by atoms with Gasteiger partial charge in [-0.2, -0.15) is 0 Å². The van der Waals surface area contributed by atoms with Gasteiger partial charge in [0.15, 0.2) is 11.6 Å². The van der Waals surface area contributed by atoms with Gasteiger partial charge in [-0.05, 0) is 42.7 Å². The second-order valence-corrected chi connectivity index (χ2v) is 8.79. The Morgan fingerprint density at radius 2 is 1.93 bits per heavy atom. The molecule has 2 fully saturated rings. The molecule has 1 saturated carbocycles. The molecule has 7 heteroatoms. The fourth-order valence-corrected chi connectivity index (χ4v) is 4.82. The van der Waals surface area contributed by atoms with Crippen LogP contribution in [0, 0.1) is 22.9 Å². The van der Waals surface area contributed by atoms with Gasteiger partial charge >= 0.3 is 6.03 Å². The van der Waals surface area contributed by atoms with Crippen LogP contribution in [0.25, 0.3) is 11.1 Å². The van der Waals surface area contributed by atoms with Crippen molar-refractivity contribution in [3.8, 4) is 16.9 Å². The monoisotopic (exact) mass is 416 g/mol. The summed E-state index contributed by atoms with van der Waals surface area (Å²) in [5.41, 5.74) is 0.750. The van der Waals surface area contributed by atoms with Crippen LogP contribution >= 0.6 is 0 Å². The molecule has 0 N–H and O–H groups in total. The van der Waals surface area contributed by atoms with Crippen molar-refractivity contribution in [2.75, 3.05) is 26.7 Å². The molecule has 1 saturated heterocycles. The molecule has 2 aromatic carbocycles. The Kier molecular flexibility index (Phi) is 4.45. The van der Waals surface area contributed by atoms with Crippen LogP contribution in [0.4, 0.5) is 18.0 Å². The number of amides is 2. The summed E-state index contributed by atoms with van der Waals surface area (Å²) in [5, 5.41) is 0. The molecule has 0 radical (unpaired) electrons. The number of likely N-dealkylation sites (N-methyl/N-ethyl adjacent to an activating group) is 1. The number of urea groups is 1. The zero-order valence-corrected chi connectivity index (χ0v) is 16.8. The van der Waals surface area contributed by atoms with Crippen LogP contribution in [0.3, 0.4) is 0 Å². The van der Waals surface area contributed by atoms with E-state index < -0.39 is 17.5 Å². The lowest BCUT2D eigenvalue weighted by Crippen LogP contribution is -2.46. The second-order valence-electron chi connectivity index (χ2n) is 8.79. The minimum absolute atomic E-state index is 0.0166. The van der Waals surface area contributed by atoms with Gasteiger partial charge < -0.3 is 14.5 Å². The second kappa shape index (κ2) is 6.93. The average molecular weight is 416 g/mol. The van der Waals surface area contributed by atoms with E-state index in [1.165, 1.54) is 6.07 Å². The maximum Gasteiger partial charge on any atom is 0.320 e. The van der Waals surface area contributed by atoms with Crippen molar-refractivity contribution in [2.24, 2.45) is 5.41 Å². The van der Waals surface area contributed by atoms with E-state index in [9.17, 15) is 13.6 Å². The normalized spacial score (nSPS) is 22.5. The number of halogens is 3. The summed E-state index contributed by atoms with van der Waals surface area (Å²) >= 11 is 0. The number of carbonyl (C=O) groups excluding carboxylic acids is 1. The van der Waals surface area contributed by atoms with Gasteiger partial charge in [0, 0.05) is 36.8 Å². The van der Waals surface area contributed by atoms with Gasteiger partial charge in [-0.3, -0.25) is 0 Å². The van der Waals surface area contributed by atoms with Crippen LogP contribution in [0.1, 0.15) is 24.8 Å². The summed E-state index contributed by atoms with van der Waals surface area (Å²) in [6, 6.07) is 6.46. The third kappa shape index (κ3) is 3.20. The molecule has 1 aliphatic carbocycles. The lowest BCUT2D eigenvalue weighted by Gasteiger charge is -2.29. The predicted octanol–water partition coefficient (Wildman–Crippen LogP) is 4.61. The van der Waals surface area contributed by atoms with E-state index in [1.807, 2.05) is 4.90 Å². The van der Waals surface area contributed by atoms with Gasteiger partial charge in [0.05, 0.1) is 6.54 Å². The van der Waals surface area contributed by atoms with E-state index in [4.69, 9.17) is 4.74 Å². The molecule has 0 unspecified atom stereocenters. The molecule has 2 aromatic rings. The van der Waals surface area contributed by atoms with Crippen LogP contribution in [0.5, 0.6) is 5.75 Å². The minimum atomic E-state index is -0.894. The molecular weight excluding hydrogens is 393 g/mol. The lowest BCUT2D eigenvalue weighted by molar-refractivity contribution is 0.147. The van der Waals surface area contributed by atoms with Crippen molar-refractivity contribution in [3.05, 3.63) is 53.3 Å². The van der Waals surface area contributed by atoms with Crippen molar-refractivity contribution in [1.82, 2.24) is 9.80 Å². The highest BCUT2D eigenvalue weighted by Gasteiger charge is 2.53. The molecular formula is C23H23F3N2O2. The van der Waals surface area contributed by atoms with Crippen LogP contribution in [0.15, 0.2) is 30.3 Å². The van der Waals surface area contributed by atoms with Crippen LogP contribution < -0.4 is 4.74 Å². The van der Waals surface area contributed by atoms with Gasteiger partial charge in [-0.25, -0.2) is 18.0 Å². The van der Waals surface area contributed by atoms with E-state index in [-0.39, 0.29) is 47.5 Å². The maximum absolute atomic E-state index is 15.5. The van der Waals surface area contributed by atoms with Crippen LogP contribution in [-0.4, -0.2) is 48.6 Å². The maximum atomic E-state index is 15.5. The molecule has 3 aliphatic rings. The van der Waals surface area contributed by atoms with Gasteiger partial charge in [0.25, 0.3) is 0 Å². The molecule has 0 aromatic heterocycles. The van der Waals surface area contributed by atoms with Crippen LogP contribution in [0.2, 0.25) is 0 Å². The van der Waals surface area contributed by atoms with E-state index in [1.54, 1.807) is 24.1 Å². The lowest BCUT2D eigenvalue weighted by atomic mass is 9.94.